The van der Waals surface area contributed by atoms with E-state index in [0.29, 0.717) is 17.5 Å². The molecule has 17 heavy (non-hydrogen) atoms. The summed E-state index contributed by atoms with van der Waals surface area (Å²) in [7, 11) is -2.85. The van der Waals surface area contributed by atoms with Crippen molar-refractivity contribution in [1.29, 1.82) is 0 Å². The third kappa shape index (κ3) is 2.74. The minimum Gasteiger partial charge on any atom is -0.368 e. The van der Waals surface area contributed by atoms with Crippen LogP contribution in [0, 0.1) is 0 Å². The molecule has 96 valence electrons. The van der Waals surface area contributed by atoms with E-state index < -0.39 is 9.84 Å². The normalized spacial score (nSPS) is 23.4. The Hall–Kier alpha value is -0.760. The van der Waals surface area contributed by atoms with E-state index in [1.54, 1.807) is 0 Å². The zero-order valence-corrected chi connectivity index (χ0v) is 11.5. The molecule has 1 aliphatic rings. The minimum atomic E-state index is -2.85. The van der Waals surface area contributed by atoms with Gasteiger partial charge in [-0.25, -0.2) is 8.42 Å². The first-order valence-corrected chi connectivity index (χ1v) is 8.16. The molecule has 2 rings (SSSR count). The lowest BCUT2D eigenvalue weighted by Crippen LogP contribution is -2.10. The summed E-state index contributed by atoms with van der Waals surface area (Å²) in [5, 5.41) is 8.62. The van der Waals surface area contributed by atoms with Crippen LogP contribution in [0.15, 0.2) is 5.16 Å². The number of nitrogens with two attached hydrogens (primary N) is 1. The standard InChI is InChI=1S/C9H16N4O2S2/c1-6(2)13-8(10)11-12-9(13)16-7-3-4-17(14,15)5-7/h6-7H,3-5H2,1-2H3,(H2,10,11). The summed E-state index contributed by atoms with van der Waals surface area (Å²) in [6.45, 7) is 3.99. The third-order valence-corrected chi connectivity index (χ3v) is 5.87. The minimum absolute atomic E-state index is 0.0705. The first-order valence-electron chi connectivity index (χ1n) is 5.46. The Morgan fingerprint density at radius 2 is 2.18 bits per heavy atom. The highest BCUT2D eigenvalue weighted by atomic mass is 32.2. The molecular weight excluding hydrogens is 260 g/mol. The van der Waals surface area contributed by atoms with E-state index in [1.807, 2.05) is 18.4 Å². The number of aromatic nitrogens is 3. The molecule has 1 aromatic heterocycles. The Kier molecular flexibility index (Phi) is 3.35. The zero-order valence-electron chi connectivity index (χ0n) is 9.83. The summed E-state index contributed by atoms with van der Waals surface area (Å²) >= 11 is 1.46. The third-order valence-electron chi connectivity index (χ3n) is 2.67. The number of thioether (sulfide) groups is 1. The second kappa shape index (κ2) is 4.49. The zero-order chi connectivity index (χ0) is 12.6. The maximum Gasteiger partial charge on any atom is 0.222 e. The van der Waals surface area contributed by atoms with Gasteiger partial charge in [0.15, 0.2) is 15.0 Å². The van der Waals surface area contributed by atoms with E-state index in [9.17, 15) is 8.42 Å². The van der Waals surface area contributed by atoms with Crippen molar-refractivity contribution in [2.45, 2.75) is 36.7 Å². The van der Waals surface area contributed by atoms with E-state index in [2.05, 4.69) is 10.2 Å². The van der Waals surface area contributed by atoms with E-state index >= 15 is 0 Å². The second-order valence-electron chi connectivity index (χ2n) is 4.45. The number of anilines is 1. The molecule has 1 aromatic rings. The smallest absolute Gasteiger partial charge is 0.222 e. The molecule has 1 atom stereocenters. The molecule has 1 saturated heterocycles. The summed E-state index contributed by atoms with van der Waals surface area (Å²) in [4.78, 5) is 0. The number of nitrogen functional groups attached to an aromatic ring is 1. The molecule has 8 heteroatoms. The van der Waals surface area contributed by atoms with Crippen LogP contribution in [-0.2, 0) is 9.84 Å². The maximum absolute atomic E-state index is 11.4. The fourth-order valence-electron chi connectivity index (χ4n) is 1.86. The first kappa shape index (κ1) is 12.7. The van der Waals surface area contributed by atoms with Crippen LogP contribution < -0.4 is 5.73 Å². The van der Waals surface area contributed by atoms with Crippen molar-refractivity contribution in [3.05, 3.63) is 0 Å². The van der Waals surface area contributed by atoms with Gasteiger partial charge in [-0.15, -0.1) is 10.2 Å². The van der Waals surface area contributed by atoms with Crippen molar-refractivity contribution in [2.24, 2.45) is 0 Å². The molecule has 6 nitrogen and oxygen atoms in total. The predicted octanol–water partition coefficient (Wildman–Crippen LogP) is 0.720. The predicted molar refractivity (Wildman–Crippen MR) is 67.7 cm³/mol. The van der Waals surface area contributed by atoms with Gasteiger partial charge in [0.25, 0.3) is 0 Å². The van der Waals surface area contributed by atoms with Gasteiger partial charge in [0.1, 0.15) is 0 Å². The van der Waals surface area contributed by atoms with Crippen molar-refractivity contribution in [3.63, 3.8) is 0 Å². The molecule has 0 spiro atoms. The summed E-state index contributed by atoms with van der Waals surface area (Å²) in [6, 6.07) is 0.172. The fraction of sp³-hybridized carbons (Fsp3) is 0.778. The topological polar surface area (TPSA) is 90.9 Å². The molecular formula is C9H16N4O2S2. The summed E-state index contributed by atoms with van der Waals surface area (Å²) in [6.07, 6.45) is 0.678. The molecule has 0 aromatic carbocycles. The Morgan fingerprint density at radius 1 is 1.47 bits per heavy atom. The molecule has 1 fully saturated rings. The average molecular weight is 276 g/mol. The van der Waals surface area contributed by atoms with Gasteiger partial charge in [0.2, 0.25) is 5.95 Å². The SMILES string of the molecule is CC(C)n1c(N)nnc1SC1CCS(=O)(=O)C1. The van der Waals surface area contributed by atoms with Crippen LogP contribution in [0.25, 0.3) is 0 Å². The monoisotopic (exact) mass is 276 g/mol. The Bertz CT molecular complexity index is 509. The van der Waals surface area contributed by atoms with E-state index in [1.165, 1.54) is 11.8 Å². The van der Waals surface area contributed by atoms with Crippen LogP contribution in [-0.4, -0.2) is 39.9 Å². The average Bonchev–Trinajstić information content (AvgIpc) is 2.71. The van der Waals surface area contributed by atoms with Crippen LogP contribution >= 0.6 is 11.8 Å². The molecule has 0 radical (unpaired) electrons. The van der Waals surface area contributed by atoms with Crippen molar-refractivity contribution >= 4 is 27.5 Å². The highest BCUT2D eigenvalue weighted by molar-refractivity contribution is 8.01. The molecule has 1 unspecified atom stereocenters. The summed E-state index contributed by atoms with van der Waals surface area (Å²) in [5.74, 6) is 0.877. The Morgan fingerprint density at radius 3 is 2.71 bits per heavy atom. The van der Waals surface area contributed by atoms with Crippen LogP contribution in [0.1, 0.15) is 26.3 Å². The van der Waals surface area contributed by atoms with Gasteiger partial charge in [0, 0.05) is 11.3 Å². The molecule has 0 bridgehead atoms. The fourth-order valence-corrected chi connectivity index (χ4v) is 5.48. The molecule has 0 aliphatic carbocycles. The van der Waals surface area contributed by atoms with Crippen molar-refractivity contribution in [2.75, 3.05) is 17.2 Å². The Balaban J connectivity index is 2.15. The maximum atomic E-state index is 11.4. The molecule has 2 heterocycles. The Labute approximate surface area is 105 Å². The lowest BCUT2D eigenvalue weighted by atomic mass is 10.4. The lowest BCUT2D eigenvalue weighted by molar-refractivity contribution is 0.556. The molecule has 2 N–H and O–H groups in total. The second-order valence-corrected chi connectivity index (χ2v) is 7.94. The van der Waals surface area contributed by atoms with E-state index in [0.717, 1.165) is 0 Å². The van der Waals surface area contributed by atoms with E-state index in [-0.39, 0.29) is 22.8 Å². The van der Waals surface area contributed by atoms with Gasteiger partial charge in [-0.1, -0.05) is 11.8 Å². The van der Waals surface area contributed by atoms with Gasteiger partial charge in [-0.05, 0) is 20.3 Å². The van der Waals surface area contributed by atoms with Gasteiger partial charge in [-0.2, -0.15) is 0 Å². The largest absolute Gasteiger partial charge is 0.368 e. The van der Waals surface area contributed by atoms with Crippen molar-refractivity contribution in [1.82, 2.24) is 14.8 Å². The van der Waals surface area contributed by atoms with Gasteiger partial charge < -0.3 is 5.73 Å². The van der Waals surface area contributed by atoms with Gasteiger partial charge in [-0.3, -0.25) is 4.57 Å². The first-order chi connectivity index (χ1) is 7.89. The van der Waals surface area contributed by atoms with Gasteiger partial charge >= 0.3 is 0 Å². The molecule has 1 aliphatic heterocycles. The van der Waals surface area contributed by atoms with Crippen molar-refractivity contribution in [3.8, 4) is 0 Å². The number of nitrogens with zero attached hydrogens (tertiary/aromatic N) is 3. The quantitative estimate of drug-likeness (QED) is 0.874. The van der Waals surface area contributed by atoms with Crippen LogP contribution in [0.3, 0.4) is 0 Å². The van der Waals surface area contributed by atoms with Crippen LogP contribution in [0.4, 0.5) is 5.95 Å². The lowest BCUT2D eigenvalue weighted by Gasteiger charge is -2.13. The highest BCUT2D eigenvalue weighted by Crippen LogP contribution is 2.31. The number of sulfone groups is 1. The number of hydrogen-bond donors (Lipinski definition) is 1. The van der Waals surface area contributed by atoms with Crippen LogP contribution in [0.5, 0.6) is 0 Å². The highest BCUT2D eigenvalue weighted by Gasteiger charge is 2.30. The molecule has 0 saturated carbocycles. The van der Waals surface area contributed by atoms with Crippen LogP contribution in [0.2, 0.25) is 0 Å². The summed E-state index contributed by atoms with van der Waals surface area (Å²) < 4.78 is 24.6. The summed E-state index contributed by atoms with van der Waals surface area (Å²) in [5.41, 5.74) is 5.73. The number of hydrogen-bond acceptors (Lipinski definition) is 6. The van der Waals surface area contributed by atoms with E-state index in [4.69, 9.17) is 5.73 Å². The molecule has 0 amide bonds. The van der Waals surface area contributed by atoms with Crippen molar-refractivity contribution < 1.29 is 8.42 Å². The number of rotatable bonds is 3. The van der Waals surface area contributed by atoms with Gasteiger partial charge in [0.05, 0.1) is 11.5 Å².